The minimum atomic E-state index is -2.24. The number of carbonyl (C=O) groups is 3. The molecule has 0 unspecified atom stereocenters. The second-order valence-corrected chi connectivity index (χ2v) is 7.03. The molecule has 2 N–H and O–H groups in total. The first-order valence-electron chi connectivity index (χ1n) is 9.55. The molecule has 0 heterocycles. The summed E-state index contributed by atoms with van der Waals surface area (Å²) < 4.78 is 15.6. The van der Waals surface area contributed by atoms with Gasteiger partial charge in [0.2, 0.25) is 0 Å². The van der Waals surface area contributed by atoms with Crippen molar-refractivity contribution in [2.24, 2.45) is 0 Å². The van der Waals surface area contributed by atoms with Gasteiger partial charge >= 0.3 is 17.9 Å². The van der Waals surface area contributed by atoms with E-state index in [2.05, 4.69) is 0 Å². The summed E-state index contributed by atoms with van der Waals surface area (Å²) in [6.45, 7) is 0.451. The van der Waals surface area contributed by atoms with Crippen molar-refractivity contribution in [1.82, 2.24) is 0 Å². The minimum absolute atomic E-state index is 0.234. The Hall–Kier alpha value is -3.49. The standard InChI is InChI=1S/C23H22O8/c1-15(24)29-14-23(28)19(31-22(27)17-10-6-3-7-11-17)13-12-18(20(23)25)30-21(26)16-8-4-2-5-9-16/h2-13,18-20,25,28H,14H2,1H3/t18-,19+,20+,23-/m1/s1. The molecule has 0 saturated carbocycles. The van der Waals surface area contributed by atoms with Gasteiger partial charge in [0.1, 0.15) is 18.8 Å². The first kappa shape index (κ1) is 22.2. The summed E-state index contributed by atoms with van der Waals surface area (Å²) in [5.41, 5.74) is -1.76. The topological polar surface area (TPSA) is 119 Å². The molecule has 2 aromatic carbocycles. The van der Waals surface area contributed by atoms with Crippen LogP contribution in [-0.2, 0) is 19.0 Å². The van der Waals surface area contributed by atoms with E-state index in [1.165, 1.54) is 36.4 Å². The van der Waals surface area contributed by atoms with Crippen molar-refractivity contribution in [3.63, 3.8) is 0 Å². The predicted octanol–water partition coefficient (Wildman–Crippen LogP) is 1.66. The molecule has 0 saturated heterocycles. The Bertz CT molecular complexity index is 956. The van der Waals surface area contributed by atoms with Crippen molar-refractivity contribution in [2.45, 2.75) is 30.8 Å². The first-order valence-corrected chi connectivity index (χ1v) is 9.55. The summed E-state index contributed by atoms with van der Waals surface area (Å²) >= 11 is 0. The van der Waals surface area contributed by atoms with Crippen molar-refractivity contribution >= 4 is 17.9 Å². The number of aliphatic hydroxyl groups excluding tert-OH is 1. The van der Waals surface area contributed by atoms with E-state index in [-0.39, 0.29) is 11.1 Å². The van der Waals surface area contributed by atoms with Gasteiger partial charge in [-0.3, -0.25) is 4.79 Å². The maximum atomic E-state index is 12.4. The van der Waals surface area contributed by atoms with E-state index in [0.717, 1.165) is 6.92 Å². The van der Waals surface area contributed by atoms with Crippen LogP contribution in [0.5, 0.6) is 0 Å². The molecular weight excluding hydrogens is 404 g/mol. The van der Waals surface area contributed by atoms with Crippen molar-refractivity contribution < 1.29 is 38.8 Å². The fraction of sp³-hybridized carbons (Fsp3) is 0.261. The van der Waals surface area contributed by atoms with Crippen LogP contribution in [0.2, 0.25) is 0 Å². The number of aliphatic hydroxyl groups is 2. The van der Waals surface area contributed by atoms with Crippen molar-refractivity contribution in [2.75, 3.05) is 6.61 Å². The number of rotatable bonds is 6. The third-order valence-electron chi connectivity index (χ3n) is 4.79. The number of hydrogen-bond donors (Lipinski definition) is 2. The zero-order chi connectivity index (χ0) is 22.4. The molecule has 0 spiro atoms. The fourth-order valence-electron chi connectivity index (χ4n) is 3.09. The molecule has 1 aliphatic carbocycles. The Kier molecular flexibility index (Phi) is 6.84. The molecule has 0 amide bonds. The third kappa shape index (κ3) is 5.17. The highest BCUT2D eigenvalue weighted by molar-refractivity contribution is 5.90. The van der Waals surface area contributed by atoms with Crippen LogP contribution in [0.15, 0.2) is 72.8 Å². The second-order valence-electron chi connectivity index (χ2n) is 7.03. The van der Waals surface area contributed by atoms with Crippen LogP contribution in [0, 0.1) is 0 Å². The molecule has 2 aromatic rings. The van der Waals surface area contributed by atoms with Crippen LogP contribution >= 0.6 is 0 Å². The Morgan fingerprint density at radius 1 is 0.871 bits per heavy atom. The van der Waals surface area contributed by atoms with Crippen LogP contribution < -0.4 is 0 Å². The molecule has 0 radical (unpaired) electrons. The maximum absolute atomic E-state index is 12.4. The molecule has 4 atom stereocenters. The molecular formula is C23H22O8. The van der Waals surface area contributed by atoms with E-state index in [1.54, 1.807) is 36.4 Å². The van der Waals surface area contributed by atoms with E-state index in [0.29, 0.717) is 0 Å². The molecule has 3 rings (SSSR count). The summed E-state index contributed by atoms with van der Waals surface area (Å²) in [4.78, 5) is 36.1. The van der Waals surface area contributed by atoms with Gasteiger partial charge < -0.3 is 24.4 Å². The smallest absolute Gasteiger partial charge is 0.338 e. The van der Waals surface area contributed by atoms with Gasteiger partial charge in [-0.1, -0.05) is 36.4 Å². The summed E-state index contributed by atoms with van der Waals surface area (Å²) in [6.07, 6.45) is -1.75. The SMILES string of the molecule is CC(=O)OC[C@@]1(O)[C@@H](OC(=O)c2ccccc2)C=C[C@@H](OC(=O)c2ccccc2)[C@@H]1O. The molecule has 0 aromatic heterocycles. The molecule has 0 aliphatic heterocycles. The highest BCUT2D eigenvalue weighted by Gasteiger charge is 2.52. The summed E-state index contributed by atoms with van der Waals surface area (Å²) in [6, 6.07) is 16.2. The maximum Gasteiger partial charge on any atom is 0.338 e. The largest absolute Gasteiger partial charge is 0.463 e. The van der Waals surface area contributed by atoms with E-state index in [1.807, 2.05) is 0 Å². The zero-order valence-corrected chi connectivity index (χ0v) is 16.7. The summed E-state index contributed by atoms with van der Waals surface area (Å²) in [5, 5.41) is 21.9. The zero-order valence-electron chi connectivity index (χ0n) is 16.7. The monoisotopic (exact) mass is 426 g/mol. The van der Waals surface area contributed by atoms with Gasteiger partial charge in [0.25, 0.3) is 0 Å². The van der Waals surface area contributed by atoms with Crippen molar-refractivity contribution in [3.8, 4) is 0 Å². The Morgan fingerprint density at radius 2 is 1.39 bits per heavy atom. The van der Waals surface area contributed by atoms with Crippen molar-refractivity contribution in [3.05, 3.63) is 83.9 Å². The van der Waals surface area contributed by atoms with Crippen LogP contribution in [-0.4, -0.2) is 58.6 Å². The Balaban J connectivity index is 1.82. The van der Waals surface area contributed by atoms with E-state index in [4.69, 9.17) is 14.2 Å². The molecule has 0 fully saturated rings. The fourth-order valence-corrected chi connectivity index (χ4v) is 3.09. The Labute approximate surface area is 178 Å². The average molecular weight is 426 g/mol. The van der Waals surface area contributed by atoms with E-state index < -0.39 is 48.4 Å². The number of ether oxygens (including phenoxy) is 3. The summed E-state index contributed by atoms with van der Waals surface area (Å²) in [7, 11) is 0. The lowest BCUT2D eigenvalue weighted by molar-refractivity contribution is -0.195. The van der Waals surface area contributed by atoms with Crippen molar-refractivity contribution in [1.29, 1.82) is 0 Å². The second kappa shape index (κ2) is 9.55. The molecule has 162 valence electrons. The van der Waals surface area contributed by atoms with Gasteiger partial charge in [-0.05, 0) is 36.4 Å². The molecule has 1 aliphatic rings. The van der Waals surface area contributed by atoms with Crippen LogP contribution in [0.1, 0.15) is 27.6 Å². The Morgan fingerprint density at radius 3 is 1.90 bits per heavy atom. The molecule has 8 nitrogen and oxygen atoms in total. The number of esters is 3. The number of benzene rings is 2. The predicted molar refractivity (Wildman–Crippen MR) is 108 cm³/mol. The quantitative estimate of drug-likeness (QED) is 0.407. The van der Waals surface area contributed by atoms with Crippen LogP contribution in [0.3, 0.4) is 0 Å². The van der Waals surface area contributed by atoms with E-state index >= 15 is 0 Å². The molecule has 0 bridgehead atoms. The molecule has 8 heteroatoms. The van der Waals surface area contributed by atoms with Gasteiger partial charge in [0.05, 0.1) is 11.1 Å². The van der Waals surface area contributed by atoms with Gasteiger partial charge in [-0.2, -0.15) is 0 Å². The first-order chi connectivity index (χ1) is 14.8. The summed E-state index contributed by atoms with van der Waals surface area (Å²) in [5.74, 6) is -2.17. The van der Waals surface area contributed by atoms with Gasteiger partial charge in [-0.15, -0.1) is 0 Å². The molecule has 31 heavy (non-hydrogen) atoms. The van der Waals surface area contributed by atoms with Crippen LogP contribution in [0.25, 0.3) is 0 Å². The average Bonchev–Trinajstić information content (AvgIpc) is 2.78. The van der Waals surface area contributed by atoms with Gasteiger partial charge in [0.15, 0.2) is 11.7 Å². The van der Waals surface area contributed by atoms with Gasteiger partial charge in [-0.25, -0.2) is 9.59 Å². The highest BCUT2D eigenvalue weighted by atomic mass is 16.6. The highest BCUT2D eigenvalue weighted by Crippen LogP contribution is 2.30. The number of hydrogen-bond acceptors (Lipinski definition) is 8. The van der Waals surface area contributed by atoms with Gasteiger partial charge in [0, 0.05) is 6.92 Å². The lowest BCUT2D eigenvalue weighted by Crippen LogP contribution is -2.62. The van der Waals surface area contributed by atoms with E-state index in [9.17, 15) is 24.6 Å². The lowest BCUT2D eigenvalue weighted by atomic mass is 9.82. The normalized spacial score (nSPS) is 24.8. The lowest BCUT2D eigenvalue weighted by Gasteiger charge is -2.42. The third-order valence-corrected chi connectivity index (χ3v) is 4.79. The minimum Gasteiger partial charge on any atom is -0.463 e. The number of carbonyl (C=O) groups excluding carboxylic acids is 3. The van der Waals surface area contributed by atoms with Crippen LogP contribution in [0.4, 0.5) is 0 Å².